The molecule has 3 rings (SSSR count). The number of H-pyrrole nitrogens is 1. The van der Waals surface area contributed by atoms with Crippen molar-refractivity contribution in [2.45, 2.75) is 33.2 Å². The van der Waals surface area contributed by atoms with Crippen LogP contribution in [0.1, 0.15) is 41.4 Å². The van der Waals surface area contributed by atoms with Crippen LogP contribution in [-0.4, -0.2) is 36.1 Å². The van der Waals surface area contributed by atoms with E-state index in [1.165, 1.54) is 20.0 Å². The summed E-state index contributed by atoms with van der Waals surface area (Å²) in [6, 6.07) is 5.07. The van der Waals surface area contributed by atoms with Crippen molar-refractivity contribution in [2.75, 3.05) is 20.2 Å². The van der Waals surface area contributed by atoms with Gasteiger partial charge in [-0.1, -0.05) is 6.92 Å². The molecule has 5 nitrogen and oxygen atoms in total. The fraction of sp³-hybridized carbons (Fsp3) is 0.474. The van der Waals surface area contributed by atoms with Gasteiger partial charge in [0.2, 0.25) is 0 Å². The van der Waals surface area contributed by atoms with Crippen LogP contribution in [-0.2, 0) is 11.3 Å². The average Bonchev–Trinajstić information content (AvgIpc) is 2.58. The predicted octanol–water partition coefficient (Wildman–Crippen LogP) is 2.86. The number of piperidine rings is 1. The molecule has 0 bridgehead atoms. The molecule has 0 saturated carbocycles. The van der Waals surface area contributed by atoms with E-state index >= 15 is 0 Å². The molecule has 5 heteroatoms. The number of hydrogen-bond donors (Lipinski definition) is 1. The quantitative estimate of drug-likeness (QED) is 0.880. The third-order valence-electron chi connectivity index (χ3n) is 4.86. The predicted molar refractivity (Wildman–Crippen MR) is 94.3 cm³/mol. The van der Waals surface area contributed by atoms with E-state index in [2.05, 4.69) is 16.8 Å². The minimum Gasteiger partial charge on any atom is -0.465 e. The summed E-state index contributed by atoms with van der Waals surface area (Å²) in [6.07, 6.45) is 2.43. The van der Waals surface area contributed by atoms with Crippen molar-refractivity contribution >= 4 is 16.9 Å². The van der Waals surface area contributed by atoms with Crippen LogP contribution < -0.4 is 5.43 Å². The van der Waals surface area contributed by atoms with Gasteiger partial charge in [-0.05, 0) is 50.4 Å². The van der Waals surface area contributed by atoms with Crippen LogP contribution in [0.2, 0.25) is 0 Å². The van der Waals surface area contributed by atoms with E-state index in [9.17, 15) is 9.59 Å². The molecule has 0 radical (unpaired) electrons. The van der Waals surface area contributed by atoms with Gasteiger partial charge in [-0.3, -0.25) is 9.69 Å². The zero-order valence-electron chi connectivity index (χ0n) is 14.5. The van der Waals surface area contributed by atoms with Gasteiger partial charge in [0.1, 0.15) is 0 Å². The summed E-state index contributed by atoms with van der Waals surface area (Å²) in [5.41, 5.74) is 2.85. The molecule has 0 spiro atoms. The SMILES string of the molecule is COC(=O)c1ccc2[nH]c(C)c(CN3CCCC(C)C3)c(=O)c2c1. The van der Waals surface area contributed by atoms with Crippen LogP contribution in [0, 0.1) is 12.8 Å². The lowest BCUT2D eigenvalue weighted by molar-refractivity contribution is 0.0601. The highest BCUT2D eigenvalue weighted by molar-refractivity contribution is 5.94. The van der Waals surface area contributed by atoms with Crippen molar-refractivity contribution in [2.24, 2.45) is 5.92 Å². The van der Waals surface area contributed by atoms with Gasteiger partial charge in [-0.15, -0.1) is 0 Å². The Morgan fingerprint density at radius 1 is 1.42 bits per heavy atom. The Balaban J connectivity index is 2.01. The fourth-order valence-electron chi connectivity index (χ4n) is 3.54. The molecule has 1 fully saturated rings. The second-order valence-corrected chi connectivity index (χ2v) is 6.79. The van der Waals surface area contributed by atoms with Crippen LogP contribution in [0.5, 0.6) is 0 Å². The van der Waals surface area contributed by atoms with Crippen molar-refractivity contribution in [3.63, 3.8) is 0 Å². The second-order valence-electron chi connectivity index (χ2n) is 6.79. The molecule has 1 aliphatic heterocycles. The first-order valence-corrected chi connectivity index (χ1v) is 8.45. The third-order valence-corrected chi connectivity index (χ3v) is 4.86. The first-order valence-electron chi connectivity index (χ1n) is 8.45. The van der Waals surface area contributed by atoms with Gasteiger partial charge >= 0.3 is 5.97 Å². The van der Waals surface area contributed by atoms with Crippen molar-refractivity contribution < 1.29 is 9.53 Å². The standard InChI is InChI=1S/C19H24N2O3/c1-12-5-4-8-21(10-12)11-16-13(2)20-17-7-6-14(19(23)24-3)9-15(17)18(16)22/h6-7,9,12H,4-5,8,10-11H2,1-3H3,(H,20,22). The van der Waals surface area contributed by atoms with E-state index < -0.39 is 5.97 Å². The molecule has 1 saturated heterocycles. The number of rotatable bonds is 3. The molecule has 0 amide bonds. The van der Waals surface area contributed by atoms with E-state index in [4.69, 9.17) is 4.74 Å². The van der Waals surface area contributed by atoms with Crippen LogP contribution >= 0.6 is 0 Å². The minimum atomic E-state index is -0.428. The maximum Gasteiger partial charge on any atom is 0.337 e. The fourth-order valence-corrected chi connectivity index (χ4v) is 3.54. The van der Waals surface area contributed by atoms with E-state index in [-0.39, 0.29) is 5.43 Å². The zero-order valence-corrected chi connectivity index (χ0v) is 14.5. The Bertz CT molecular complexity index is 825. The molecule has 1 aromatic carbocycles. The number of fused-ring (bicyclic) bond motifs is 1. The maximum absolute atomic E-state index is 13.0. The number of aromatic nitrogens is 1. The number of nitrogens with one attached hydrogen (secondary N) is 1. The van der Waals surface area contributed by atoms with Gasteiger partial charge in [0, 0.05) is 35.2 Å². The Kier molecular flexibility index (Phi) is 4.71. The molecular formula is C19H24N2O3. The van der Waals surface area contributed by atoms with E-state index in [1.807, 2.05) is 6.92 Å². The van der Waals surface area contributed by atoms with Gasteiger partial charge < -0.3 is 9.72 Å². The molecule has 1 aromatic heterocycles. The summed E-state index contributed by atoms with van der Waals surface area (Å²) in [4.78, 5) is 30.4. The lowest BCUT2D eigenvalue weighted by Gasteiger charge is -2.31. The van der Waals surface area contributed by atoms with Crippen molar-refractivity contribution in [1.29, 1.82) is 0 Å². The number of pyridine rings is 1. The summed E-state index contributed by atoms with van der Waals surface area (Å²) >= 11 is 0. The Morgan fingerprint density at radius 2 is 2.21 bits per heavy atom. The summed E-state index contributed by atoms with van der Waals surface area (Å²) in [7, 11) is 1.34. The molecule has 2 aromatic rings. The van der Waals surface area contributed by atoms with Gasteiger partial charge in [-0.2, -0.15) is 0 Å². The number of benzene rings is 1. The molecule has 24 heavy (non-hydrogen) atoms. The Labute approximate surface area is 141 Å². The topological polar surface area (TPSA) is 62.4 Å². The number of esters is 1. The average molecular weight is 328 g/mol. The van der Waals surface area contributed by atoms with Crippen LogP contribution in [0.4, 0.5) is 0 Å². The maximum atomic E-state index is 13.0. The van der Waals surface area contributed by atoms with Crippen molar-refractivity contribution in [1.82, 2.24) is 9.88 Å². The Morgan fingerprint density at radius 3 is 2.92 bits per heavy atom. The number of ether oxygens (including phenoxy) is 1. The van der Waals surface area contributed by atoms with E-state index in [0.29, 0.717) is 23.4 Å². The zero-order chi connectivity index (χ0) is 17.3. The Hall–Kier alpha value is -2.14. The normalized spacial score (nSPS) is 18.7. The molecule has 0 aliphatic carbocycles. The first-order chi connectivity index (χ1) is 11.5. The minimum absolute atomic E-state index is 0.00484. The highest BCUT2D eigenvalue weighted by Gasteiger charge is 2.19. The van der Waals surface area contributed by atoms with Gasteiger partial charge in [0.05, 0.1) is 12.7 Å². The van der Waals surface area contributed by atoms with Gasteiger partial charge in [0.15, 0.2) is 5.43 Å². The third kappa shape index (κ3) is 3.22. The number of hydrogen-bond acceptors (Lipinski definition) is 4. The molecule has 128 valence electrons. The molecule has 1 N–H and O–H groups in total. The summed E-state index contributed by atoms with van der Waals surface area (Å²) in [5, 5.41) is 0.545. The summed E-state index contributed by atoms with van der Waals surface area (Å²) < 4.78 is 4.75. The summed E-state index contributed by atoms with van der Waals surface area (Å²) in [6.45, 7) is 6.91. The number of carbonyl (C=O) groups is 1. The monoisotopic (exact) mass is 328 g/mol. The molecule has 2 heterocycles. The number of carbonyl (C=O) groups excluding carboxylic acids is 1. The van der Waals surface area contributed by atoms with Crippen molar-refractivity contribution in [3.8, 4) is 0 Å². The van der Waals surface area contributed by atoms with E-state index in [0.717, 1.165) is 29.9 Å². The number of aromatic amines is 1. The van der Waals surface area contributed by atoms with Gasteiger partial charge in [0.25, 0.3) is 0 Å². The number of aryl methyl sites for hydroxylation is 1. The number of methoxy groups -OCH3 is 1. The molecule has 1 aliphatic rings. The smallest absolute Gasteiger partial charge is 0.337 e. The highest BCUT2D eigenvalue weighted by atomic mass is 16.5. The molecule has 1 atom stereocenters. The second kappa shape index (κ2) is 6.77. The highest BCUT2D eigenvalue weighted by Crippen LogP contribution is 2.19. The lowest BCUT2D eigenvalue weighted by Crippen LogP contribution is -2.35. The van der Waals surface area contributed by atoms with E-state index in [1.54, 1.807) is 18.2 Å². The lowest BCUT2D eigenvalue weighted by atomic mass is 9.99. The van der Waals surface area contributed by atoms with Gasteiger partial charge in [-0.25, -0.2) is 4.79 Å². The molecule has 1 unspecified atom stereocenters. The number of likely N-dealkylation sites (tertiary alicyclic amines) is 1. The summed E-state index contributed by atoms with van der Waals surface area (Å²) in [5.74, 6) is 0.243. The largest absolute Gasteiger partial charge is 0.465 e. The first kappa shape index (κ1) is 16.7. The van der Waals surface area contributed by atoms with Crippen molar-refractivity contribution in [3.05, 3.63) is 45.2 Å². The number of nitrogens with zero attached hydrogens (tertiary/aromatic N) is 1. The van der Waals surface area contributed by atoms with Crippen LogP contribution in [0.15, 0.2) is 23.0 Å². The van der Waals surface area contributed by atoms with Crippen LogP contribution in [0.3, 0.4) is 0 Å². The van der Waals surface area contributed by atoms with Crippen LogP contribution in [0.25, 0.3) is 10.9 Å². The molecular weight excluding hydrogens is 304 g/mol.